The summed E-state index contributed by atoms with van der Waals surface area (Å²) in [6.45, 7) is 3.17. The van der Waals surface area contributed by atoms with E-state index in [1.807, 2.05) is 12.1 Å². The maximum absolute atomic E-state index is 13.6. The third kappa shape index (κ3) is 4.99. The van der Waals surface area contributed by atoms with E-state index >= 15 is 0 Å². The molecule has 0 aliphatic heterocycles. The molecule has 25 heavy (non-hydrogen) atoms. The number of amides is 2. The second-order valence-electron chi connectivity index (χ2n) is 5.59. The molecule has 2 amide bonds. The number of benzene rings is 2. The topological polar surface area (TPSA) is 92.4 Å². The lowest BCUT2D eigenvalue weighted by molar-refractivity contribution is -0.117. The molecule has 0 radical (unpaired) electrons. The van der Waals surface area contributed by atoms with Gasteiger partial charge in [-0.1, -0.05) is 30.8 Å². The Kier molecular flexibility index (Phi) is 6.03. The predicted molar refractivity (Wildman–Crippen MR) is 93.3 cm³/mol. The van der Waals surface area contributed by atoms with Gasteiger partial charge in [-0.3, -0.25) is 9.59 Å². The molecule has 1 atom stereocenters. The number of hydrogen-bond donors (Lipinski definition) is 3. The number of primary amides is 1. The van der Waals surface area contributed by atoms with Crippen LogP contribution >= 0.6 is 0 Å². The molecule has 0 spiro atoms. The number of halogens is 1. The molecule has 0 saturated heterocycles. The largest absolute Gasteiger partial charge is 0.394 e. The number of rotatable bonds is 7. The van der Waals surface area contributed by atoms with Crippen molar-refractivity contribution in [3.05, 3.63) is 72.1 Å². The van der Waals surface area contributed by atoms with Gasteiger partial charge in [0.15, 0.2) is 0 Å². The Balaban J connectivity index is 2.18. The van der Waals surface area contributed by atoms with Gasteiger partial charge in [0.1, 0.15) is 5.82 Å². The molecule has 0 aromatic heterocycles. The molecule has 0 unspecified atom stereocenters. The van der Waals surface area contributed by atoms with Gasteiger partial charge in [0, 0.05) is 5.56 Å². The smallest absolute Gasteiger partial charge is 0.248 e. The second-order valence-corrected chi connectivity index (χ2v) is 5.59. The van der Waals surface area contributed by atoms with Crippen molar-refractivity contribution >= 4 is 11.8 Å². The van der Waals surface area contributed by atoms with E-state index in [1.54, 1.807) is 12.1 Å². The van der Waals surface area contributed by atoms with Crippen LogP contribution in [-0.2, 0) is 11.2 Å². The van der Waals surface area contributed by atoms with Gasteiger partial charge >= 0.3 is 0 Å². The average Bonchev–Trinajstić information content (AvgIpc) is 2.60. The van der Waals surface area contributed by atoms with Crippen LogP contribution in [0.25, 0.3) is 11.1 Å². The minimum absolute atomic E-state index is 0.103. The van der Waals surface area contributed by atoms with E-state index in [0.29, 0.717) is 12.0 Å². The maximum Gasteiger partial charge on any atom is 0.248 e. The van der Waals surface area contributed by atoms with Crippen molar-refractivity contribution in [1.82, 2.24) is 5.32 Å². The second kappa shape index (κ2) is 8.21. The third-order valence-corrected chi connectivity index (χ3v) is 3.70. The zero-order valence-electron chi connectivity index (χ0n) is 13.5. The summed E-state index contributed by atoms with van der Waals surface area (Å²) in [7, 11) is 0. The van der Waals surface area contributed by atoms with Crippen LogP contribution in [0.4, 0.5) is 4.39 Å². The highest BCUT2D eigenvalue weighted by atomic mass is 19.1. The number of aliphatic hydroxyl groups excluding tert-OH is 1. The molecule has 0 aliphatic carbocycles. The number of nitrogens with one attached hydrogen (secondary N) is 1. The fourth-order valence-electron chi connectivity index (χ4n) is 2.44. The summed E-state index contributed by atoms with van der Waals surface area (Å²) in [4.78, 5) is 22.6. The van der Waals surface area contributed by atoms with Crippen molar-refractivity contribution in [3.8, 4) is 11.1 Å². The minimum Gasteiger partial charge on any atom is -0.394 e. The third-order valence-electron chi connectivity index (χ3n) is 3.70. The number of carbonyl (C=O) groups excluding carboxylic acids is 2. The van der Waals surface area contributed by atoms with Crippen LogP contribution < -0.4 is 11.1 Å². The Labute approximate surface area is 145 Å². The number of aliphatic hydroxyl groups is 1. The van der Waals surface area contributed by atoms with Gasteiger partial charge in [-0.05, 0) is 47.4 Å². The lowest BCUT2D eigenvalue weighted by Crippen LogP contribution is -2.38. The zero-order chi connectivity index (χ0) is 18.4. The van der Waals surface area contributed by atoms with Crippen molar-refractivity contribution < 1.29 is 19.1 Å². The van der Waals surface area contributed by atoms with Crippen LogP contribution in [-0.4, -0.2) is 29.6 Å². The van der Waals surface area contributed by atoms with Gasteiger partial charge in [-0.15, -0.1) is 0 Å². The SMILES string of the molecule is C=CC(=O)N[C@@H](CO)Cc1ccc(-c2cc(F)cc(C(N)=O)c2)cc1. The first-order valence-electron chi connectivity index (χ1n) is 7.66. The molecule has 2 rings (SSSR count). The highest BCUT2D eigenvalue weighted by Crippen LogP contribution is 2.23. The normalized spacial score (nSPS) is 11.6. The summed E-state index contributed by atoms with van der Waals surface area (Å²) >= 11 is 0. The summed E-state index contributed by atoms with van der Waals surface area (Å²) in [5.41, 5.74) is 7.46. The van der Waals surface area contributed by atoms with Gasteiger partial charge in [0.2, 0.25) is 11.8 Å². The Morgan fingerprint density at radius 3 is 2.44 bits per heavy atom. The number of hydrogen-bond acceptors (Lipinski definition) is 3. The number of nitrogens with two attached hydrogens (primary N) is 1. The summed E-state index contributed by atoms with van der Waals surface area (Å²) in [5.74, 6) is -1.58. The first-order chi connectivity index (χ1) is 11.9. The fraction of sp³-hybridized carbons (Fsp3) is 0.158. The van der Waals surface area contributed by atoms with Crippen LogP contribution in [0, 0.1) is 5.82 Å². The van der Waals surface area contributed by atoms with Gasteiger partial charge in [-0.2, -0.15) is 0 Å². The van der Waals surface area contributed by atoms with Gasteiger partial charge < -0.3 is 16.2 Å². The van der Waals surface area contributed by atoms with Gasteiger partial charge in [0.05, 0.1) is 12.6 Å². The van der Waals surface area contributed by atoms with E-state index in [9.17, 15) is 19.1 Å². The Hall–Kier alpha value is -2.99. The van der Waals surface area contributed by atoms with Crippen molar-refractivity contribution in [2.45, 2.75) is 12.5 Å². The number of carbonyl (C=O) groups is 2. The van der Waals surface area contributed by atoms with Crippen LogP contribution in [0.15, 0.2) is 55.1 Å². The Morgan fingerprint density at radius 1 is 1.20 bits per heavy atom. The van der Waals surface area contributed by atoms with Crippen molar-refractivity contribution in [2.75, 3.05) is 6.61 Å². The molecule has 6 heteroatoms. The summed E-state index contributed by atoms with van der Waals surface area (Å²) < 4.78 is 13.6. The molecule has 0 saturated carbocycles. The monoisotopic (exact) mass is 342 g/mol. The van der Waals surface area contributed by atoms with Crippen molar-refractivity contribution in [2.24, 2.45) is 5.73 Å². The molecule has 0 fully saturated rings. The lowest BCUT2D eigenvalue weighted by Gasteiger charge is -2.15. The molecular weight excluding hydrogens is 323 g/mol. The van der Waals surface area contributed by atoms with E-state index < -0.39 is 17.8 Å². The van der Waals surface area contributed by atoms with Crippen LogP contribution in [0.3, 0.4) is 0 Å². The van der Waals surface area contributed by atoms with E-state index in [-0.39, 0.29) is 18.1 Å². The molecule has 4 N–H and O–H groups in total. The highest BCUT2D eigenvalue weighted by Gasteiger charge is 2.11. The van der Waals surface area contributed by atoms with E-state index in [2.05, 4.69) is 11.9 Å². The molecule has 2 aromatic rings. The molecule has 0 bridgehead atoms. The molecule has 2 aromatic carbocycles. The predicted octanol–water partition coefficient (Wildman–Crippen LogP) is 1.80. The van der Waals surface area contributed by atoms with Crippen LogP contribution in [0.1, 0.15) is 15.9 Å². The van der Waals surface area contributed by atoms with Crippen LogP contribution in [0.5, 0.6) is 0 Å². The van der Waals surface area contributed by atoms with Gasteiger partial charge in [-0.25, -0.2) is 4.39 Å². The standard InChI is InChI=1S/C19H19FN2O3/c1-2-18(24)22-17(11-23)7-12-3-5-13(6-4-12)14-8-15(19(21)25)10-16(20)9-14/h2-6,8-10,17,23H,1,7,11H2,(H2,21,25)(H,22,24)/t17-/m1/s1. The summed E-state index contributed by atoms with van der Waals surface area (Å²) in [5, 5.41) is 12.0. The Bertz CT molecular complexity index is 788. The maximum atomic E-state index is 13.6. The summed E-state index contributed by atoms with van der Waals surface area (Å²) in [6, 6.07) is 10.7. The average molecular weight is 342 g/mol. The lowest BCUT2D eigenvalue weighted by atomic mass is 9.99. The highest BCUT2D eigenvalue weighted by molar-refractivity contribution is 5.94. The minimum atomic E-state index is -0.693. The molecular formula is C19H19FN2O3. The van der Waals surface area contributed by atoms with Crippen molar-refractivity contribution in [3.63, 3.8) is 0 Å². The first-order valence-corrected chi connectivity index (χ1v) is 7.66. The molecule has 0 heterocycles. The zero-order valence-corrected chi connectivity index (χ0v) is 13.5. The fourth-order valence-corrected chi connectivity index (χ4v) is 2.44. The van der Waals surface area contributed by atoms with Crippen LogP contribution in [0.2, 0.25) is 0 Å². The van der Waals surface area contributed by atoms with E-state index in [0.717, 1.165) is 23.3 Å². The van der Waals surface area contributed by atoms with Crippen molar-refractivity contribution in [1.29, 1.82) is 0 Å². The quantitative estimate of drug-likeness (QED) is 0.670. The molecule has 130 valence electrons. The van der Waals surface area contributed by atoms with Gasteiger partial charge in [0.25, 0.3) is 0 Å². The molecule has 0 aliphatic rings. The molecule has 5 nitrogen and oxygen atoms in total. The van der Waals surface area contributed by atoms with E-state index in [1.165, 1.54) is 12.1 Å². The first kappa shape index (κ1) is 18.4. The summed E-state index contributed by atoms with van der Waals surface area (Å²) in [6.07, 6.45) is 1.58. The van der Waals surface area contributed by atoms with E-state index in [4.69, 9.17) is 5.73 Å². The Morgan fingerprint density at radius 2 is 1.88 bits per heavy atom.